The molecule has 0 radical (unpaired) electrons. The van der Waals surface area contributed by atoms with Crippen molar-refractivity contribution in [2.24, 2.45) is 7.05 Å². The molecule has 0 saturated carbocycles. The molecule has 0 fully saturated rings. The van der Waals surface area contributed by atoms with Crippen LogP contribution >= 0.6 is 0 Å². The van der Waals surface area contributed by atoms with Crippen LogP contribution in [0.5, 0.6) is 0 Å². The molecule has 0 N–H and O–H groups in total. The average Bonchev–Trinajstić information content (AvgIpc) is 3.38. The van der Waals surface area contributed by atoms with Gasteiger partial charge in [-0.1, -0.05) is 81.5 Å². The third kappa shape index (κ3) is 4.76. The highest BCUT2D eigenvalue weighted by molar-refractivity contribution is 5.85. The highest BCUT2D eigenvalue weighted by Gasteiger charge is 2.19. The summed E-state index contributed by atoms with van der Waals surface area (Å²) < 4.78 is 8.64. The summed E-state index contributed by atoms with van der Waals surface area (Å²) in [6, 6.07) is 16.3. The van der Waals surface area contributed by atoms with Gasteiger partial charge in [-0.3, -0.25) is 0 Å². The van der Waals surface area contributed by atoms with E-state index in [4.69, 9.17) is 9.40 Å². The van der Waals surface area contributed by atoms with Crippen LogP contribution in [0.1, 0.15) is 31.1 Å². The van der Waals surface area contributed by atoms with E-state index >= 15 is 0 Å². The van der Waals surface area contributed by atoms with Crippen LogP contribution in [0, 0.1) is 0 Å². The number of imidazole rings is 1. The maximum atomic E-state index is 6.61. The van der Waals surface area contributed by atoms with Crippen LogP contribution < -0.4 is 21.1 Å². The molecule has 3 heteroatoms. The number of benzene rings is 1. The van der Waals surface area contributed by atoms with Crippen molar-refractivity contribution in [3.63, 3.8) is 0 Å². The van der Waals surface area contributed by atoms with Crippen molar-refractivity contribution in [2.75, 3.05) is 0 Å². The number of hydrogen-bond donors (Lipinski definition) is 0. The minimum atomic E-state index is 0.657. The van der Waals surface area contributed by atoms with Gasteiger partial charge in [0, 0.05) is 22.9 Å². The van der Waals surface area contributed by atoms with Crippen LogP contribution in [-0.2, 0) is 7.05 Å². The molecular formula is C34H32N2O. The molecule has 0 atom stereocenters. The first-order chi connectivity index (χ1) is 17.8. The van der Waals surface area contributed by atoms with E-state index in [2.05, 4.69) is 64.1 Å². The molecule has 2 aromatic heterocycles. The van der Waals surface area contributed by atoms with Crippen molar-refractivity contribution >= 4 is 59.2 Å². The molecule has 0 amide bonds. The lowest BCUT2D eigenvalue weighted by molar-refractivity contribution is 0.570. The van der Waals surface area contributed by atoms with Crippen molar-refractivity contribution in [1.29, 1.82) is 0 Å². The Morgan fingerprint density at radius 2 is 1.70 bits per heavy atom. The van der Waals surface area contributed by atoms with Gasteiger partial charge in [0.05, 0.1) is 17.0 Å². The molecule has 0 bridgehead atoms. The molecule has 4 aromatic rings. The van der Waals surface area contributed by atoms with Crippen LogP contribution in [0.15, 0.2) is 89.9 Å². The van der Waals surface area contributed by atoms with Crippen LogP contribution in [0.3, 0.4) is 0 Å². The molecule has 37 heavy (non-hydrogen) atoms. The highest BCUT2D eigenvalue weighted by Crippen LogP contribution is 2.24. The van der Waals surface area contributed by atoms with Gasteiger partial charge >= 0.3 is 0 Å². The summed E-state index contributed by atoms with van der Waals surface area (Å²) in [6.07, 6.45) is 9.38. The second-order valence-corrected chi connectivity index (χ2v) is 8.91. The second kappa shape index (κ2) is 10.5. The zero-order valence-corrected chi connectivity index (χ0v) is 21.8. The average molecular weight is 485 g/mol. The number of rotatable bonds is 5. The quantitative estimate of drug-likeness (QED) is 0.341. The highest BCUT2D eigenvalue weighted by atomic mass is 16.3. The molecule has 2 aromatic carbocycles. The molecule has 184 valence electrons. The molecule has 0 unspecified atom stereocenters. The van der Waals surface area contributed by atoms with E-state index in [1.54, 1.807) is 12.2 Å². The first kappa shape index (κ1) is 25.5. The Morgan fingerprint density at radius 3 is 2.35 bits per heavy atom. The first-order valence-electron chi connectivity index (χ1n) is 12.1. The van der Waals surface area contributed by atoms with E-state index < -0.39 is 0 Å². The smallest absolute Gasteiger partial charge is 0.146 e. The Kier molecular flexibility index (Phi) is 7.26. The van der Waals surface area contributed by atoms with Crippen LogP contribution in [-0.4, -0.2) is 9.55 Å². The van der Waals surface area contributed by atoms with E-state index in [1.807, 2.05) is 61.0 Å². The maximum absolute atomic E-state index is 6.61. The predicted octanol–water partition coefficient (Wildman–Crippen LogP) is 5.68. The van der Waals surface area contributed by atoms with E-state index in [9.17, 15) is 0 Å². The standard InChI is InChI=1S/C34H32N2O/c1-9-12-17-29-30(11-3)36(8)34(35-29)31(23(5)10-2)33-25(7)28-19-18-22(4)20-26-15-13-14-16-27(26)21-24(6)32(28)37-33/h9-21H,1,3-4,6-7H2,2,5,8H3/b17-12-,19-18?,23-10-,26-20?,27-21?,33-31-. The fraction of sp³-hybridized carbons (Fsp3) is 0.0882. The molecule has 0 aliphatic carbocycles. The molecule has 0 spiro atoms. The third-order valence-electron chi connectivity index (χ3n) is 6.50. The molecular weight excluding hydrogens is 452 g/mol. The number of fused-ring (bicyclic) bond motifs is 2. The minimum Gasteiger partial charge on any atom is -0.455 e. The number of nitrogens with zero attached hydrogens (tertiary/aromatic N) is 2. The van der Waals surface area contributed by atoms with Gasteiger partial charge in [0.2, 0.25) is 0 Å². The van der Waals surface area contributed by atoms with E-state index in [-0.39, 0.29) is 0 Å². The normalized spacial score (nSPS) is 12.7. The predicted molar refractivity (Wildman–Crippen MR) is 161 cm³/mol. The topological polar surface area (TPSA) is 31.0 Å². The Labute approximate surface area is 217 Å². The van der Waals surface area contributed by atoms with Crippen molar-refractivity contribution < 1.29 is 4.42 Å². The number of allylic oxidation sites excluding steroid dienone is 4. The van der Waals surface area contributed by atoms with Gasteiger partial charge in [-0.15, -0.1) is 0 Å². The summed E-state index contributed by atoms with van der Waals surface area (Å²) in [7, 11) is 1.98. The van der Waals surface area contributed by atoms with Crippen molar-refractivity contribution in [1.82, 2.24) is 9.55 Å². The third-order valence-corrected chi connectivity index (χ3v) is 6.50. The Morgan fingerprint density at radius 1 is 1.00 bits per heavy atom. The van der Waals surface area contributed by atoms with Gasteiger partial charge in [0.15, 0.2) is 0 Å². The van der Waals surface area contributed by atoms with Gasteiger partial charge in [0.1, 0.15) is 16.8 Å². The molecule has 0 saturated heterocycles. The van der Waals surface area contributed by atoms with Crippen molar-refractivity contribution in [2.45, 2.75) is 13.8 Å². The Balaban J connectivity index is 2.24. The zero-order chi connectivity index (χ0) is 26.7. The Bertz CT molecular complexity index is 1890. The van der Waals surface area contributed by atoms with Crippen LogP contribution in [0.4, 0.5) is 0 Å². The minimum absolute atomic E-state index is 0.657. The lowest BCUT2D eigenvalue weighted by atomic mass is 10.1. The lowest BCUT2D eigenvalue weighted by Gasteiger charge is -2.08. The fourth-order valence-electron chi connectivity index (χ4n) is 4.44. The molecule has 4 rings (SSSR count). The lowest BCUT2D eigenvalue weighted by Crippen LogP contribution is -2.24. The summed E-state index contributed by atoms with van der Waals surface area (Å²) in [6.45, 7) is 24.9. The van der Waals surface area contributed by atoms with E-state index in [1.165, 1.54) is 0 Å². The van der Waals surface area contributed by atoms with Gasteiger partial charge in [-0.05, 0) is 65.8 Å². The van der Waals surface area contributed by atoms with E-state index in [0.717, 1.165) is 60.2 Å². The van der Waals surface area contributed by atoms with Gasteiger partial charge < -0.3 is 8.98 Å². The summed E-state index contributed by atoms with van der Waals surface area (Å²) in [5.74, 6) is 0.761. The fourth-order valence-corrected chi connectivity index (χ4v) is 4.44. The zero-order valence-electron chi connectivity index (χ0n) is 21.8. The summed E-state index contributed by atoms with van der Waals surface area (Å²) >= 11 is 0. The maximum Gasteiger partial charge on any atom is 0.146 e. The Hall–Kier alpha value is -4.63. The summed E-state index contributed by atoms with van der Waals surface area (Å²) in [5, 5.41) is 5.41. The second-order valence-electron chi connectivity index (χ2n) is 8.91. The van der Waals surface area contributed by atoms with Gasteiger partial charge in [-0.2, -0.15) is 0 Å². The van der Waals surface area contributed by atoms with Gasteiger partial charge in [-0.25, -0.2) is 4.98 Å². The van der Waals surface area contributed by atoms with Crippen LogP contribution in [0.25, 0.3) is 59.2 Å². The largest absolute Gasteiger partial charge is 0.455 e. The first-order valence-corrected chi connectivity index (χ1v) is 12.1. The monoisotopic (exact) mass is 484 g/mol. The molecule has 2 heterocycles. The van der Waals surface area contributed by atoms with Gasteiger partial charge in [0.25, 0.3) is 0 Å². The molecule has 0 aliphatic heterocycles. The summed E-state index contributed by atoms with van der Waals surface area (Å²) in [4.78, 5) is 4.96. The van der Waals surface area contributed by atoms with Crippen LogP contribution in [0.2, 0.25) is 0 Å². The molecule has 0 aliphatic rings. The molecule has 3 nitrogen and oxygen atoms in total. The number of furan rings is 1. The number of aromatic nitrogens is 2. The SMILES string of the molecule is C=C/C=C\c1nc(C(/C(C)=C\C)=c2\oc3c(=C)cc4ccccc4cc(=C)ccc3c2=C)n(C)c1C=C. The summed E-state index contributed by atoms with van der Waals surface area (Å²) in [5.41, 5.74) is 4.92. The van der Waals surface area contributed by atoms with E-state index in [0.29, 0.717) is 11.0 Å². The number of hydrogen-bond acceptors (Lipinski definition) is 2. The van der Waals surface area contributed by atoms with Crippen molar-refractivity contribution in [3.8, 4) is 0 Å². The van der Waals surface area contributed by atoms with Crippen molar-refractivity contribution in [3.05, 3.63) is 124 Å².